The second-order valence-corrected chi connectivity index (χ2v) is 9.97. The highest BCUT2D eigenvalue weighted by Crippen LogP contribution is 2.40. The average Bonchev–Trinajstić information content (AvgIpc) is 3.59. The number of nitrogens with one attached hydrogen (secondary N) is 1. The van der Waals surface area contributed by atoms with Gasteiger partial charge in [-0.25, -0.2) is 18.6 Å². The van der Waals surface area contributed by atoms with Crippen molar-refractivity contribution in [3.8, 4) is 11.1 Å². The van der Waals surface area contributed by atoms with E-state index in [1.54, 1.807) is 18.3 Å². The quantitative estimate of drug-likeness (QED) is 0.459. The van der Waals surface area contributed by atoms with Crippen LogP contribution >= 0.6 is 0 Å². The molecule has 3 aliphatic rings. The minimum Gasteiger partial charge on any atom is -0.465 e. The zero-order valence-corrected chi connectivity index (χ0v) is 20.2. The first-order valence-corrected chi connectivity index (χ1v) is 12.3. The van der Waals surface area contributed by atoms with E-state index in [0.29, 0.717) is 16.3 Å². The fourth-order valence-electron chi connectivity index (χ4n) is 5.33. The van der Waals surface area contributed by atoms with Crippen molar-refractivity contribution in [2.45, 2.75) is 38.4 Å². The van der Waals surface area contributed by atoms with Crippen LogP contribution in [0, 0.1) is 18.7 Å². The van der Waals surface area contributed by atoms with Crippen LogP contribution in [0.2, 0.25) is 0 Å². The number of carbonyl (C=O) groups is 2. The Morgan fingerprint density at radius 2 is 1.97 bits per heavy atom. The number of amides is 2. The van der Waals surface area contributed by atoms with Crippen molar-refractivity contribution in [3.05, 3.63) is 41.6 Å². The Bertz CT molecular complexity index is 1460. The fraction of sp³-hybridized carbons (Fsp3) is 0.385. The van der Waals surface area contributed by atoms with Crippen LogP contribution in [-0.4, -0.2) is 63.8 Å². The maximum Gasteiger partial charge on any atom is 0.413 e. The third-order valence-corrected chi connectivity index (χ3v) is 7.61. The lowest BCUT2D eigenvalue weighted by Crippen LogP contribution is -2.63. The number of pyridine rings is 2. The smallest absolute Gasteiger partial charge is 0.413 e. The molecule has 9 nitrogen and oxygen atoms in total. The molecule has 6 rings (SSSR count). The number of nitrogens with two attached hydrogens (primary N) is 1. The van der Waals surface area contributed by atoms with Gasteiger partial charge in [0.1, 0.15) is 12.0 Å². The van der Waals surface area contributed by atoms with Gasteiger partial charge in [0.2, 0.25) is 5.91 Å². The monoisotopic (exact) mass is 508 g/mol. The number of halogens is 2. The summed E-state index contributed by atoms with van der Waals surface area (Å²) in [5.41, 5.74) is 9.69. The SMILES string of the molecule is Cc1c(-c2cc3cc(N(C(=O)O)C4CN(C(=O)[C@@H]5C[C@@H]5F)C4)ncc3c(N)c2F)cnc2c1NCCC2. The Morgan fingerprint density at radius 1 is 1.22 bits per heavy atom. The van der Waals surface area contributed by atoms with Crippen molar-refractivity contribution < 1.29 is 23.5 Å². The molecule has 1 saturated heterocycles. The van der Waals surface area contributed by atoms with Gasteiger partial charge in [0, 0.05) is 48.5 Å². The van der Waals surface area contributed by atoms with E-state index >= 15 is 4.39 Å². The van der Waals surface area contributed by atoms with Crippen LogP contribution in [0.3, 0.4) is 0 Å². The van der Waals surface area contributed by atoms with Crippen LogP contribution in [-0.2, 0) is 11.2 Å². The zero-order valence-electron chi connectivity index (χ0n) is 20.2. The lowest BCUT2D eigenvalue weighted by atomic mass is 9.95. The van der Waals surface area contributed by atoms with E-state index < -0.39 is 30.0 Å². The van der Waals surface area contributed by atoms with E-state index in [1.165, 1.54) is 11.1 Å². The number of alkyl halides is 1. The summed E-state index contributed by atoms with van der Waals surface area (Å²) in [7, 11) is 0. The largest absolute Gasteiger partial charge is 0.465 e. The number of carboxylic acid groups (broad SMARTS) is 1. The molecule has 1 aliphatic carbocycles. The summed E-state index contributed by atoms with van der Waals surface area (Å²) in [5, 5.41) is 14.2. The predicted molar refractivity (Wildman–Crippen MR) is 135 cm³/mol. The van der Waals surface area contributed by atoms with Gasteiger partial charge in [-0.15, -0.1) is 0 Å². The van der Waals surface area contributed by atoms with Gasteiger partial charge in [0.25, 0.3) is 0 Å². The number of fused-ring (bicyclic) bond motifs is 2. The van der Waals surface area contributed by atoms with Crippen molar-refractivity contribution in [2.24, 2.45) is 5.92 Å². The van der Waals surface area contributed by atoms with E-state index in [9.17, 15) is 19.1 Å². The van der Waals surface area contributed by atoms with Crippen molar-refractivity contribution in [3.63, 3.8) is 0 Å². The van der Waals surface area contributed by atoms with Gasteiger partial charge in [-0.2, -0.15) is 0 Å². The molecule has 2 atom stereocenters. The van der Waals surface area contributed by atoms with Crippen LogP contribution in [0.4, 0.5) is 30.8 Å². The summed E-state index contributed by atoms with van der Waals surface area (Å²) in [5.74, 6) is -1.33. The van der Waals surface area contributed by atoms with Crippen LogP contribution in [0.5, 0.6) is 0 Å². The van der Waals surface area contributed by atoms with Crippen LogP contribution in [0.25, 0.3) is 21.9 Å². The molecular formula is C26H26F2N6O3. The lowest BCUT2D eigenvalue weighted by molar-refractivity contribution is -0.137. The van der Waals surface area contributed by atoms with Crippen molar-refractivity contribution in [1.29, 1.82) is 0 Å². The molecule has 37 heavy (non-hydrogen) atoms. The highest BCUT2D eigenvalue weighted by Gasteiger charge is 2.49. The van der Waals surface area contributed by atoms with E-state index in [2.05, 4.69) is 15.3 Å². The van der Waals surface area contributed by atoms with Gasteiger partial charge in [0.15, 0.2) is 5.82 Å². The number of likely N-dealkylation sites (tertiary alicyclic amines) is 1. The molecule has 0 radical (unpaired) electrons. The number of carbonyl (C=O) groups excluding carboxylic acids is 1. The summed E-state index contributed by atoms with van der Waals surface area (Å²) in [6.45, 7) is 3.06. The molecule has 192 valence electrons. The molecular weight excluding hydrogens is 482 g/mol. The molecule has 11 heteroatoms. The summed E-state index contributed by atoms with van der Waals surface area (Å²) in [6.07, 6.45) is 2.75. The molecule has 0 spiro atoms. The number of aryl methyl sites for hydroxylation is 1. The third kappa shape index (κ3) is 3.80. The second-order valence-electron chi connectivity index (χ2n) is 9.97. The standard InChI is InChI=1S/C26H26F2N6O3/c1-12-17(8-31-20-3-2-4-30-24(12)20)15-5-13-6-21(32-9-18(13)23(29)22(15)28)34(26(36)37)14-10-33(11-14)25(35)16-7-19(16)27/h5-6,8-9,14,16,19,30H,2-4,7,10-11,29H2,1H3,(H,36,37)/t16-,19+/m1/s1. The van der Waals surface area contributed by atoms with Gasteiger partial charge in [0.05, 0.1) is 29.0 Å². The van der Waals surface area contributed by atoms with Crippen molar-refractivity contribution in [1.82, 2.24) is 14.9 Å². The van der Waals surface area contributed by atoms with Gasteiger partial charge in [-0.3, -0.25) is 14.7 Å². The first-order chi connectivity index (χ1) is 17.7. The Balaban J connectivity index is 1.35. The summed E-state index contributed by atoms with van der Waals surface area (Å²) in [6, 6.07) is 2.68. The molecule has 4 N–H and O–H groups in total. The second kappa shape index (κ2) is 8.53. The maximum absolute atomic E-state index is 15.5. The molecule has 0 bridgehead atoms. The minimum atomic E-state index is -1.23. The molecule has 3 aromatic rings. The Kier molecular flexibility index (Phi) is 5.39. The highest BCUT2D eigenvalue weighted by atomic mass is 19.1. The number of hydrogen-bond donors (Lipinski definition) is 3. The number of nitrogen functional groups attached to an aromatic ring is 1. The number of anilines is 3. The molecule has 1 saturated carbocycles. The fourth-order valence-corrected chi connectivity index (χ4v) is 5.33. The summed E-state index contributed by atoms with van der Waals surface area (Å²) >= 11 is 0. The Hall–Kier alpha value is -4.02. The lowest BCUT2D eigenvalue weighted by Gasteiger charge is -2.43. The summed E-state index contributed by atoms with van der Waals surface area (Å²) in [4.78, 5) is 35.8. The van der Waals surface area contributed by atoms with Gasteiger partial charge >= 0.3 is 6.09 Å². The van der Waals surface area contributed by atoms with Gasteiger partial charge in [-0.05, 0) is 49.3 Å². The Morgan fingerprint density at radius 3 is 2.68 bits per heavy atom. The predicted octanol–water partition coefficient (Wildman–Crippen LogP) is 3.74. The molecule has 1 aromatic carbocycles. The van der Waals surface area contributed by atoms with Crippen LogP contribution < -0.4 is 16.0 Å². The normalized spacial score (nSPS) is 20.7. The van der Waals surface area contributed by atoms with Gasteiger partial charge < -0.3 is 21.1 Å². The molecule has 4 heterocycles. The Labute approximate surface area is 211 Å². The average molecular weight is 509 g/mol. The van der Waals surface area contributed by atoms with Crippen LogP contribution in [0.1, 0.15) is 24.1 Å². The topological polar surface area (TPSA) is 125 Å². The number of benzene rings is 1. The van der Waals surface area contributed by atoms with Gasteiger partial charge in [-0.1, -0.05) is 0 Å². The first-order valence-electron chi connectivity index (χ1n) is 12.3. The van der Waals surface area contributed by atoms with E-state index in [0.717, 1.165) is 41.2 Å². The molecule has 2 aromatic heterocycles. The first kappa shape index (κ1) is 23.4. The van der Waals surface area contributed by atoms with Crippen molar-refractivity contribution >= 4 is 40.0 Å². The highest BCUT2D eigenvalue weighted by molar-refractivity contribution is 6.00. The molecule has 2 aliphatic heterocycles. The number of rotatable bonds is 4. The molecule has 0 unspecified atom stereocenters. The minimum absolute atomic E-state index is 0.0795. The zero-order chi connectivity index (χ0) is 26.0. The number of nitrogens with zero attached hydrogens (tertiary/aromatic N) is 4. The third-order valence-electron chi connectivity index (χ3n) is 7.61. The number of aromatic nitrogens is 2. The number of hydrogen-bond acceptors (Lipinski definition) is 6. The summed E-state index contributed by atoms with van der Waals surface area (Å²) < 4.78 is 28.7. The van der Waals surface area contributed by atoms with E-state index in [4.69, 9.17) is 5.73 Å². The van der Waals surface area contributed by atoms with Crippen molar-refractivity contribution in [2.75, 3.05) is 35.6 Å². The molecule has 2 amide bonds. The van der Waals surface area contributed by atoms with E-state index in [1.807, 2.05) is 6.92 Å². The maximum atomic E-state index is 15.5. The molecule has 2 fully saturated rings. The van der Waals surface area contributed by atoms with E-state index in [-0.39, 0.29) is 42.5 Å². The van der Waals surface area contributed by atoms with Crippen LogP contribution in [0.15, 0.2) is 24.5 Å².